The van der Waals surface area contributed by atoms with Crippen LogP contribution in [0.2, 0.25) is 5.02 Å². The summed E-state index contributed by atoms with van der Waals surface area (Å²) in [5.41, 5.74) is 7.64. The van der Waals surface area contributed by atoms with Crippen molar-refractivity contribution in [3.8, 4) is 23.1 Å². The van der Waals surface area contributed by atoms with E-state index in [1.54, 1.807) is 24.5 Å². The molecule has 4 aromatic rings. The van der Waals surface area contributed by atoms with Gasteiger partial charge in [-0.1, -0.05) is 35.6 Å². The Labute approximate surface area is 209 Å². The number of hydrogen-bond acceptors (Lipinski definition) is 5. The van der Waals surface area contributed by atoms with Crippen LogP contribution in [0.3, 0.4) is 0 Å². The first kappa shape index (κ1) is 22.9. The SMILES string of the molecule is NNC(=O)c1cc(-c2ccc(C#Cc3ccc(N4CCCCC4)cc3Cl)cc2)nc2ccncc12. The third-order valence-corrected chi connectivity index (χ3v) is 6.49. The van der Waals surface area contributed by atoms with Crippen LogP contribution in [0.4, 0.5) is 5.69 Å². The van der Waals surface area contributed by atoms with E-state index in [2.05, 4.69) is 38.2 Å². The zero-order chi connectivity index (χ0) is 24.2. The number of aromatic nitrogens is 2. The molecule has 35 heavy (non-hydrogen) atoms. The summed E-state index contributed by atoms with van der Waals surface area (Å²) in [5, 5.41) is 1.31. The van der Waals surface area contributed by atoms with Gasteiger partial charge in [0, 0.05) is 53.2 Å². The second-order valence-corrected chi connectivity index (χ2v) is 8.87. The molecule has 3 N–H and O–H groups in total. The lowest BCUT2D eigenvalue weighted by molar-refractivity contribution is 0.0955. The normalized spacial score (nSPS) is 13.3. The molecule has 174 valence electrons. The van der Waals surface area contributed by atoms with Crippen LogP contribution in [0.25, 0.3) is 22.2 Å². The van der Waals surface area contributed by atoms with E-state index in [4.69, 9.17) is 17.4 Å². The summed E-state index contributed by atoms with van der Waals surface area (Å²) < 4.78 is 0. The molecular formula is C28H24ClN5O. The Hall–Kier alpha value is -3.92. The first-order valence-electron chi connectivity index (χ1n) is 11.5. The van der Waals surface area contributed by atoms with Crippen molar-refractivity contribution in [1.82, 2.24) is 15.4 Å². The summed E-state index contributed by atoms with van der Waals surface area (Å²) >= 11 is 6.54. The van der Waals surface area contributed by atoms with E-state index in [0.29, 0.717) is 27.2 Å². The summed E-state index contributed by atoms with van der Waals surface area (Å²) in [7, 11) is 0. The highest BCUT2D eigenvalue weighted by molar-refractivity contribution is 6.32. The Balaban J connectivity index is 1.39. The fourth-order valence-electron chi connectivity index (χ4n) is 4.30. The number of fused-ring (bicyclic) bond motifs is 1. The van der Waals surface area contributed by atoms with Gasteiger partial charge in [0.2, 0.25) is 0 Å². The molecule has 6 nitrogen and oxygen atoms in total. The number of amides is 1. The molecule has 0 spiro atoms. The largest absolute Gasteiger partial charge is 0.371 e. The van der Waals surface area contributed by atoms with Crippen molar-refractivity contribution >= 4 is 34.1 Å². The summed E-state index contributed by atoms with van der Waals surface area (Å²) in [6.45, 7) is 2.16. The number of hydrazine groups is 1. The average Bonchev–Trinajstić information content (AvgIpc) is 2.92. The molecule has 0 atom stereocenters. The minimum Gasteiger partial charge on any atom is -0.371 e. The molecule has 1 fully saturated rings. The number of nitrogens with two attached hydrogens (primary N) is 1. The number of carbonyl (C=O) groups is 1. The third-order valence-electron chi connectivity index (χ3n) is 6.18. The Bertz CT molecular complexity index is 1450. The minimum absolute atomic E-state index is 0.391. The standard InChI is InChI=1S/C28H24ClN5O/c29-25-16-22(34-14-2-1-3-15-34)11-10-20(25)7-4-19-5-8-21(9-6-19)27-17-23(28(35)33-30)24-18-31-13-12-26(24)32-27/h5-6,8-13,16-18H,1-3,14-15,30H2,(H,33,35). The van der Waals surface area contributed by atoms with Gasteiger partial charge in [0.1, 0.15) is 0 Å². The lowest BCUT2D eigenvalue weighted by atomic mass is 10.0. The number of halogens is 1. The zero-order valence-electron chi connectivity index (χ0n) is 19.1. The molecule has 0 saturated carbocycles. The monoisotopic (exact) mass is 481 g/mol. The Morgan fingerprint density at radius 1 is 1.00 bits per heavy atom. The number of benzene rings is 2. The second-order valence-electron chi connectivity index (χ2n) is 8.46. The Morgan fingerprint density at radius 2 is 1.80 bits per heavy atom. The maximum Gasteiger partial charge on any atom is 0.265 e. The van der Waals surface area contributed by atoms with Crippen molar-refractivity contribution in [1.29, 1.82) is 0 Å². The molecule has 0 unspecified atom stereocenters. The van der Waals surface area contributed by atoms with Crippen LogP contribution < -0.4 is 16.2 Å². The zero-order valence-corrected chi connectivity index (χ0v) is 19.8. The van der Waals surface area contributed by atoms with Crippen LogP contribution in [-0.2, 0) is 0 Å². The van der Waals surface area contributed by atoms with Crippen molar-refractivity contribution < 1.29 is 4.79 Å². The molecule has 2 aromatic carbocycles. The van der Waals surface area contributed by atoms with Crippen molar-refractivity contribution in [3.63, 3.8) is 0 Å². The van der Waals surface area contributed by atoms with Crippen molar-refractivity contribution in [3.05, 3.63) is 88.7 Å². The quantitative estimate of drug-likeness (QED) is 0.187. The maximum absolute atomic E-state index is 12.3. The van der Waals surface area contributed by atoms with Gasteiger partial charge in [-0.2, -0.15) is 0 Å². The molecule has 1 amide bonds. The third kappa shape index (κ3) is 4.97. The number of nitrogens with one attached hydrogen (secondary N) is 1. The van der Waals surface area contributed by atoms with Crippen LogP contribution in [0.5, 0.6) is 0 Å². The van der Waals surface area contributed by atoms with Gasteiger partial charge in [0.25, 0.3) is 5.91 Å². The van der Waals surface area contributed by atoms with Crippen LogP contribution >= 0.6 is 11.6 Å². The first-order chi connectivity index (χ1) is 17.1. The van der Waals surface area contributed by atoms with Gasteiger partial charge in [-0.05, 0) is 61.7 Å². The smallest absolute Gasteiger partial charge is 0.265 e. The molecule has 2 aromatic heterocycles. The Kier molecular flexibility index (Phi) is 6.62. The lowest BCUT2D eigenvalue weighted by Gasteiger charge is -2.29. The van der Waals surface area contributed by atoms with Gasteiger partial charge in [-0.15, -0.1) is 0 Å². The summed E-state index contributed by atoms with van der Waals surface area (Å²) in [4.78, 5) is 23.5. The van der Waals surface area contributed by atoms with Crippen molar-refractivity contribution in [2.45, 2.75) is 19.3 Å². The van der Waals surface area contributed by atoms with E-state index < -0.39 is 5.91 Å². The van der Waals surface area contributed by atoms with Gasteiger partial charge in [0.05, 0.1) is 21.8 Å². The number of nitrogens with zero attached hydrogens (tertiary/aromatic N) is 3. The van der Waals surface area contributed by atoms with Gasteiger partial charge < -0.3 is 4.90 Å². The van der Waals surface area contributed by atoms with E-state index in [1.807, 2.05) is 36.4 Å². The summed E-state index contributed by atoms with van der Waals surface area (Å²) in [6.07, 6.45) is 7.00. The maximum atomic E-state index is 12.3. The highest BCUT2D eigenvalue weighted by Crippen LogP contribution is 2.27. The topological polar surface area (TPSA) is 84.1 Å². The van der Waals surface area contributed by atoms with Crippen molar-refractivity contribution in [2.24, 2.45) is 5.84 Å². The van der Waals surface area contributed by atoms with Crippen molar-refractivity contribution in [2.75, 3.05) is 18.0 Å². The van der Waals surface area contributed by atoms with Crippen LogP contribution in [0.15, 0.2) is 67.0 Å². The van der Waals surface area contributed by atoms with E-state index >= 15 is 0 Å². The number of nitrogen functional groups attached to an aromatic ring is 1. The average molecular weight is 482 g/mol. The summed E-state index contributed by atoms with van der Waals surface area (Å²) in [6, 6.07) is 17.3. The minimum atomic E-state index is -0.391. The van der Waals surface area contributed by atoms with Crippen LogP contribution in [0.1, 0.15) is 40.7 Å². The van der Waals surface area contributed by atoms with E-state index in [0.717, 1.165) is 35.5 Å². The predicted molar refractivity (Wildman–Crippen MR) is 140 cm³/mol. The molecule has 7 heteroatoms. The first-order valence-corrected chi connectivity index (χ1v) is 11.9. The molecule has 1 aliphatic heterocycles. The van der Waals surface area contributed by atoms with E-state index in [9.17, 15) is 4.79 Å². The number of rotatable bonds is 3. The highest BCUT2D eigenvalue weighted by atomic mass is 35.5. The lowest BCUT2D eigenvalue weighted by Crippen LogP contribution is -2.30. The molecular weight excluding hydrogens is 458 g/mol. The fraction of sp³-hybridized carbons (Fsp3) is 0.179. The molecule has 3 heterocycles. The molecule has 1 aliphatic rings. The number of hydrogen-bond donors (Lipinski definition) is 2. The summed E-state index contributed by atoms with van der Waals surface area (Å²) in [5.74, 6) is 11.4. The molecule has 5 rings (SSSR count). The van der Waals surface area contributed by atoms with Crippen LogP contribution in [-0.4, -0.2) is 29.0 Å². The van der Waals surface area contributed by atoms with E-state index in [1.165, 1.54) is 19.3 Å². The molecule has 0 aliphatic carbocycles. The number of anilines is 1. The van der Waals surface area contributed by atoms with Gasteiger partial charge in [-0.25, -0.2) is 10.8 Å². The molecule has 0 bridgehead atoms. The highest BCUT2D eigenvalue weighted by Gasteiger charge is 2.14. The predicted octanol–water partition coefficient (Wildman–Crippen LogP) is 4.94. The number of carbonyl (C=O) groups excluding carboxylic acids is 1. The van der Waals surface area contributed by atoms with Crippen LogP contribution in [0, 0.1) is 11.8 Å². The Morgan fingerprint density at radius 3 is 2.54 bits per heavy atom. The molecule has 0 radical (unpaired) electrons. The number of piperidine rings is 1. The fourth-order valence-corrected chi connectivity index (χ4v) is 4.52. The van der Waals surface area contributed by atoms with Gasteiger partial charge >= 0.3 is 0 Å². The van der Waals surface area contributed by atoms with Gasteiger partial charge in [-0.3, -0.25) is 15.2 Å². The van der Waals surface area contributed by atoms with Gasteiger partial charge in [0.15, 0.2) is 0 Å². The second kappa shape index (κ2) is 10.1. The molecule has 1 saturated heterocycles. The number of pyridine rings is 2. The van der Waals surface area contributed by atoms with E-state index in [-0.39, 0.29) is 0 Å².